The van der Waals surface area contributed by atoms with Gasteiger partial charge in [-0.15, -0.1) is 11.3 Å². The smallest absolute Gasteiger partial charge is 0.308 e. The lowest BCUT2D eigenvalue weighted by Gasteiger charge is -2.13. The molecule has 0 fully saturated rings. The first-order valence-electron chi connectivity index (χ1n) is 10.6. The van der Waals surface area contributed by atoms with Gasteiger partial charge in [0.05, 0.1) is 26.6 Å². The van der Waals surface area contributed by atoms with Crippen LogP contribution >= 0.6 is 34.5 Å². The molecule has 0 saturated heterocycles. The molecule has 2 aromatic carbocycles. The Morgan fingerprint density at radius 2 is 1.76 bits per heavy atom. The van der Waals surface area contributed by atoms with E-state index in [0.29, 0.717) is 21.1 Å². The summed E-state index contributed by atoms with van der Waals surface area (Å²) in [6.45, 7) is 4.43. The zero-order valence-electron chi connectivity index (χ0n) is 19.0. The predicted octanol–water partition coefficient (Wildman–Crippen LogP) is 6.07. The summed E-state index contributed by atoms with van der Waals surface area (Å²) < 4.78 is 23.3. The maximum absolute atomic E-state index is 11.9. The Morgan fingerprint density at radius 1 is 1.09 bits per heavy atom. The zero-order chi connectivity index (χ0) is 25.0. The molecule has 0 bridgehead atoms. The molecule has 1 unspecified atom stereocenters. The third-order valence-corrected chi connectivity index (χ3v) is 8.07. The molecular weight excluding hydrogens is 515 g/mol. The van der Waals surface area contributed by atoms with Crippen LogP contribution in [0.25, 0.3) is 11.3 Å². The molecule has 0 radical (unpaired) electrons. The van der Waals surface area contributed by atoms with Crippen molar-refractivity contribution in [3.05, 3.63) is 63.0 Å². The van der Waals surface area contributed by atoms with Crippen LogP contribution in [0.3, 0.4) is 0 Å². The molecule has 0 saturated carbocycles. The Bertz CT molecular complexity index is 1270. The van der Waals surface area contributed by atoms with Crippen molar-refractivity contribution in [1.82, 2.24) is 4.98 Å². The quantitative estimate of drug-likeness (QED) is 0.323. The van der Waals surface area contributed by atoms with Crippen LogP contribution in [0.2, 0.25) is 10.0 Å². The van der Waals surface area contributed by atoms with Gasteiger partial charge in [0.1, 0.15) is 0 Å². The minimum absolute atomic E-state index is 0.179. The Kier molecular flexibility index (Phi) is 8.62. The van der Waals surface area contributed by atoms with Gasteiger partial charge < -0.3 is 10.4 Å². The van der Waals surface area contributed by atoms with Crippen molar-refractivity contribution in [2.75, 3.05) is 18.1 Å². The molecule has 0 amide bonds. The highest BCUT2D eigenvalue weighted by Gasteiger charge is 2.21. The van der Waals surface area contributed by atoms with E-state index >= 15 is 0 Å². The van der Waals surface area contributed by atoms with E-state index < -0.39 is 21.7 Å². The second kappa shape index (κ2) is 11.1. The summed E-state index contributed by atoms with van der Waals surface area (Å²) in [4.78, 5) is 17.9. The van der Waals surface area contributed by atoms with Crippen molar-refractivity contribution in [3.8, 4) is 11.3 Å². The van der Waals surface area contributed by atoms with Crippen LogP contribution in [0.1, 0.15) is 24.3 Å². The Morgan fingerprint density at radius 3 is 2.32 bits per heavy atom. The Hall–Kier alpha value is -2.13. The van der Waals surface area contributed by atoms with E-state index in [1.54, 1.807) is 24.3 Å². The van der Waals surface area contributed by atoms with Crippen LogP contribution < -0.4 is 5.32 Å². The number of aromatic nitrogens is 1. The van der Waals surface area contributed by atoms with Gasteiger partial charge in [-0.05, 0) is 48.6 Å². The molecule has 2 N–H and O–H groups in total. The maximum atomic E-state index is 11.9. The van der Waals surface area contributed by atoms with Gasteiger partial charge in [0, 0.05) is 23.2 Å². The summed E-state index contributed by atoms with van der Waals surface area (Å²) in [7, 11) is -3.30. The summed E-state index contributed by atoms with van der Waals surface area (Å²) in [6, 6.07) is 11.7. The molecule has 34 heavy (non-hydrogen) atoms. The minimum atomic E-state index is -3.30. The number of aliphatic carboxylic acids is 1. The summed E-state index contributed by atoms with van der Waals surface area (Å²) in [6.07, 6.45) is 2.22. The fraction of sp³-hybridized carbons (Fsp3) is 0.333. The molecule has 3 aromatic rings. The number of sulfone groups is 1. The lowest BCUT2D eigenvalue weighted by molar-refractivity contribution is -0.141. The molecular formula is C24H26Cl2N2O4S2. The van der Waals surface area contributed by atoms with Crippen LogP contribution in [0, 0.1) is 11.8 Å². The first kappa shape index (κ1) is 26.5. The molecule has 0 aliphatic rings. The lowest BCUT2D eigenvalue weighted by Crippen LogP contribution is -2.25. The van der Waals surface area contributed by atoms with Crippen molar-refractivity contribution in [2.45, 2.75) is 31.6 Å². The molecule has 3 rings (SSSR count). The standard InChI is InChI=1S/C24H26Cl2N2O4S2/c1-14(2)10-21-22(16-6-9-19(25)20(26)12-16)28-24(33-21)27-13-17(23(29)30)11-15-4-7-18(8-5-15)34(3,31)32/h4-9,12,14,17H,10-11,13H2,1-3H3,(H,27,28)(H,29,30). The van der Waals surface area contributed by atoms with Crippen LogP contribution in [0.5, 0.6) is 0 Å². The maximum Gasteiger partial charge on any atom is 0.308 e. The van der Waals surface area contributed by atoms with Gasteiger partial charge >= 0.3 is 5.97 Å². The van der Waals surface area contributed by atoms with E-state index in [1.165, 1.54) is 23.5 Å². The van der Waals surface area contributed by atoms with Gasteiger partial charge in [0.15, 0.2) is 15.0 Å². The number of hydrogen-bond acceptors (Lipinski definition) is 6. The lowest BCUT2D eigenvalue weighted by atomic mass is 9.99. The number of benzene rings is 2. The van der Waals surface area contributed by atoms with Crippen LogP contribution in [0.15, 0.2) is 47.4 Å². The fourth-order valence-corrected chi connectivity index (χ4v) is 5.55. The van der Waals surface area contributed by atoms with Crippen molar-refractivity contribution in [2.24, 2.45) is 11.8 Å². The van der Waals surface area contributed by atoms with E-state index in [9.17, 15) is 18.3 Å². The largest absolute Gasteiger partial charge is 0.481 e. The molecule has 1 atom stereocenters. The molecule has 182 valence electrons. The number of nitrogens with zero attached hydrogens (tertiary/aromatic N) is 1. The summed E-state index contributed by atoms with van der Waals surface area (Å²) in [5.41, 5.74) is 2.41. The van der Waals surface area contributed by atoms with Crippen molar-refractivity contribution < 1.29 is 18.3 Å². The second-order valence-electron chi connectivity index (χ2n) is 8.55. The predicted molar refractivity (Wildman–Crippen MR) is 139 cm³/mol. The van der Waals surface area contributed by atoms with Gasteiger partial charge in [-0.2, -0.15) is 0 Å². The van der Waals surface area contributed by atoms with E-state index in [-0.39, 0.29) is 17.9 Å². The van der Waals surface area contributed by atoms with Gasteiger partial charge in [-0.3, -0.25) is 4.79 Å². The highest BCUT2D eigenvalue weighted by Crippen LogP contribution is 2.35. The minimum Gasteiger partial charge on any atom is -0.481 e. The number of thiazole rings is 1. The third-order valence-electron chi connectivity index (χ3n) is 5.17. The Balaban J connectivity index is 1.78. The third kappa shape index (κ3) is 6.95. The van der Waals surface area contributed by atoms with Crippen LogP contribution in [-0.2, 0) is 27.5 Å². The number of anilines is 1. The zero-order valence-corrected chi connectivity index (χ0v) is 22.2. The average Bonchev–Trinajstić information content (AvgIpc) is 3.14. The number of carboxylic acid groups (broad SMARTS) is 1. The van der Waals surface area contributed by atoms with Crippen molar-refractivity contribution >= 4 is 55.5 Å². The monoisotopic (exact) mass is 540 g/mol. The summed E-state index contributed by atoms with van der Waals surface area (Å²) in [5, 5.41) is 14.5. The molecule has 0 spiro atoms. The van der Waals surface area contributed by atoms with Gasteiger partial charge in [0.25, 0.3) is 0 Å². The number of hydrogen-bond donors (Lipinski definition) is 2. The average molecular weight is 542 g/mol. The molecule has 0 aliphatic carbocycles. The van der Waals surface area contributed by atoms with E-state index in [2.05, 4.69) is 19.2 Å². The molecule has 10 heteroatoms. The number of carboxylic acids is 1. The first-order valence-corrected chi connectivity index (χ1v) is 14.1. The molecule has 1 aromatic heterocycles. The SMILES string of the molecule is CC(C)Cc1sc(NCC(Cc2ccc(S(C)(=O)=O)cc2)C(=O)O)nc1-c1ccc(Cl)c(Cl)c1. The van der Waals surface area contributed by atoms with E-state index in [0.717, 1.165) is 34.4 Å². The first-order chi connectivity index (χ1) is 15.9. The van der Waals surface area contributed by atoms with Gasteiger partial charge in [0.2, 0.25) is 0 Å². The van der Waals surface area contributed by atoms with Crippen LogP contribution in [-0.4, -0.2) is 37.3 Å². The van der Waals surface area contributed by atoms with Crippen molar-refractivity contribution in [1.29, 1.82) is 0 Å². The number of nitrogens with one attached hydrogen (secondary N) is 1. The molecule has 6 nitrogen and oxygen atoms in total. The normalized spacial score (nSPS) is 12.6. The molecule has 1 heterocycles. The summed E-state index contributed by atoms with van der Waals surface area (Å²) >= 11 is 13.8. The van der Waals surface area contributed by atoms with E-state index in [4.69, 9.17) is 28.2 Å². The topological polar surface area (TPSA) is 96.4 Å². The second-order valence-corrected chi connectivity index (χ2v) is 12.5. The fourth-order valence-electron chi connectivity index (χ4n) is 3.42. The molecule has 0 aliphatic heterocycles. The van der Waals surface area contributed by atoms with Gasteiger partial charge in [-0.1, -0.05) is 55.2 Å². The Labute approximate surface area is 213 Å². The number of halogens is 2. The number of carbonyl (C=O) groups is 1. The van der Waals surface area contributed by atoms with Gasteiger partial charge in [-0.25, -0.2) is 13.4 Å². The number of rotatable bonds is 10. The van der Waals surface area contributed by atoms with Crippen molar-refractivity contribution in [3.63, 3.8) is 0 Å². The van der Waals surface area contributed by atoms with Crippen LogP contribution in [0.4, 0.5) is 5.13 Å². The summed E-state index contributed by atoms with van der Waals surface area (Å²) in [5.74, 6) is -1.24. The van der Waals surface area contributed by atoms with E-state index in [1.807, 2.05) is 6.07 Å². The highest BCUT2D eigenvalue weighted by atomic mass is 35.5. The highest BCUT2D eigenvalue weighted by molar-refractivity contribution is 7.90.